The normalized spacial score (nSPS) is 14.4. The number of carbonyl (C=O) groups excluding carboxylic acids is 1. The lowest BCUT2D eigenvalue weighted by Gasteiger charge is -2.05. The fourth-order valence-corrected chi connectivity index (χ4v) is 2.68. The zero-order valence-corrected chi connectivity index (χ0v) is 15.2. The van der Waals surface area contributed by atoms with Gasteiger partial charge in [-0.05, 0) is 36.0 Å². The Bertz CT molecular complexity index is 762. The highest BCUT2D eigenvalue weighted by molar-refractivity contribution is 5.94. The molecule has 0 spiro atoms. The van der Waals surface area contributed by atoms with Crippen LogP contribution in [-0.2, 0) is 11.3 Å². The van der Waals surface area contributed by atoms with Gasteiger partial charge in [-0.15, -0.1) is 17.5 Å². The van der Waals surface area contributed by atoms with Crippen LogP contribution < -0.4 is 11.2 Å². The molecule has 11 nitrogen and oxygen atoms in total. The van der Waals surface area contributed by atoms with Gasteiger partial charge in [0.2, 0.25) is 11.6 Å². The van der Waals surface area contributed by atoms with Crippen molar-refractivity contribution in [1.29, 1.82) is 0 Å². The minimum Gasteiger partial charge on any atom is -0.378 e. The first-order valence-electron chi connectivity index (χ1n) is 8.08. The molecule has 1 saturated carbocycles. The van der Waals surface area contributed by atoms with Crippen LogP contribution in [0.25, 0.3) is 5.82 Å². The highest BCUT2D eigenvalue weighted by Gasteiger charge is 2.23. The first kappa shape index (κ1) is 19.8. The predicted octanol–water partition coefficient (Wildman–Crippen LogP) is 1.24. The van der Waals surface area contributed by atoms with E-state index >= 15 is 0 Å². The van der Waals surface area contributed by atoms with Gasteiger partial charge in [-0.3, -0.25) is 4.79 Å². The number of nitrogens with two attached hydrogens (primary N) is 1. The van der Waals surface area contributed by atoms with Gasteiger partial charge in [0.1, 0.15) is 5.69 Å². The molecule has 3 rings (SSSR count). The molecule has 1 fully saturated rings. The topological polar surface area (TPSA) is 146 Å². The Morgan fingerprint density at radius 1 is 1.31 bits per heavy atom. The molecule has 1 aliphatic rings. The summed E-state index contributed by atoms with van der Waals surface area (Å²) in [4.78, 5) is 12.5. The van der Waals surface area contributed by atoms with E-state index in [-0.39, 0.29) is 36.3 Å². The smallest absolute Gasteiger partial charge is 0.293 e. The molecule has 0 atom stereocenters. The average molecular weight is 385 g/mol. The molecule has 142 valence electrons. The van der Waals surface area contributed by atoms with Gasteiger partial charge in [-0.2, -0.15) is 9.78 Å². The Balaban J connectivity index is 0.00000243. The molecule has 3 N–H and O–H groups in total. The number of hydrazone groups is 1. The Hall–Kier alpha value is -2.53. The van der Waals surface area contributed by atoms with Crippen LogP contribution in [0.15, 0.2) is 9.73 Å². The van der Waals surface area contributed by atoms with E-state index in [0.717, 1.165) is 31.4 Å². The molecule has 2 aromatic heterocycles. The number of nitrogens with zero attached hydrogens (tertiary/aromatic N) is 6. The van der Waals surface area contributed by atoms with Gasteiger partial charge in [-0.25, -0.2) is 10.1 Å². The van der Waals surface area contributed by atoms with Crippen LogP contribution in [0.4, 0.5) is 5.82 Å². The number of ether oxygens (including phenoxy) is 1. The molecule has 1 aliphatic carbocycles. The van der Waals surface area contributed by atoms with Gasteiger partial charge in [0.15, 0.2) is 5.69 Å². The first-order chi connectivity index (χ1) is 12.2. The van der Waals surface area contributed by atoms with Crippen molar-refractivity contribution in [3.63, 3.8) is 0 Å². The number of amides is 1. The van der Waals surface area contributed by atoms with E-state index in [9.17, 15) is 4.79 Å². The molecule has 0 aliphatic heterocycles. The summed E-state index contributed by atoms with van der Waals surface area (Å²) in [6.45, 7) is 0.0820. The van der Waals surface area contributed by atoms with Gasteiger partial charge < -0.3 is 10.5 Å². The Labute approximate surface area is 155 Å². The SMILES string of the molecule is COCc1c(C(=O)NN=C2CCCCCC2)nnn1-c1nonc1N.Cl. The number of rotatable bonds is 5. The quantitative estimate of drug-likeness (QED) is 0.578. The molecule has 2 heterocycles. The van der Waals surface area contributed by atoms with Gasteiger partial charge >= 0.3 is 0 Å². The number of anilines is 1. The maximum absolute atomic E-state index is 12.5. The molecule has 0 radical (unpaired) electrons. The van der Waals surface area contributed by atoms with Crippen molar-refractivity contribution in [2.24, 2.45) is 5.10 Å². The average Bonchev–Trinajstić information content (AvgIpc) is 3.11. The molecule has 0 bridgehead atoms. The summed E-state index contributed by atoms with van der Waals surface area (Å²) < 4.78 is 11.0. The van der Waals surface area contributed by atoms with Crippen LogP contribution >= 0.6 is 12.4 Å². The van der Waals surface area contributed by atoms with Crippen molar-refractivity contribution in [3.05, 3.63) is 11.4 Å². The molecule has 0 unspecified atom stereocenters. The van der Waals surface area contributed by atoms with E-state index < -0.39 is 5.91 Å². The van der Waals surface area contributed by atoms with Gasteiger partial charge in [-0.1, -0.05) is 18.1 Å². The standard InChI is InChI=1S/C14H20N8O3.ClH/c1-24-8-10-11(17-21-22(10)13-12(15)19-25-20-13)14(23)18-16-9-6-4-2-3-5-7-9;/h2-8H2,1H3,(H2,15,19)(H,18,23);1H. The lowest BCUT2D eigenvalue weighted by Crippen LogP contribution is -2.22. The van der Waals surface area contributed by atoms with Crippen LogP contribution in [-0.4, -0.2) is 44.0 Å². The monoisotopic (exact) mass is 384 g/mol. The van der Waals surface area contributed by atoms with Gasteiger partial charge in [0.05, 0.1) is 6.61 Å². The van der Waals surface area contributed by atoms with Crippen LogP contribution in [0.2, 0.25) is 0 Å². The highest BCUT2D eigenvalue weighted by Crippen LogP contribution is 2.17. The van der Waals surface area contributed by atoms with E-state index in [1.807, 2.05) is 0 Å². The number of hydrogen-bond acceptors (Lipinski definition) is 9. The van der Waals surface area contributed by atoms with Crippen LogP contribution in [0.5, 0.6) is 0 Å². The maximum atomic E-state index is 12.5. The molecule has 0 saturated heterocycles. The van der Waals surface area contributed by atoms with E-state index in [0.29, 0.717) is 5.69 Å². The Morgan fingerprint density at radius 2 is 2.04 bits per heavy atom. The number of aromatic nitrogens is 5. The van der Waals surface area contributed by atoms with Crippen molar-refractivity contribution in [3.8, 4) is 5.82 Å². The zero-order chi connectivity index (χ0) is 17.6. The lowest BCUT2D eigenvalue weighted by atomic mass is 10.2. The summed E-state index contributed by atoms with van der Waals surface area (Å²) in [7, 11) is 1.50. The van der Waals surface area contributed by atoms with Crippen LogP contribution in [0.1, 0.15) is 54.7 Å². The fraction of sp³-hybridized carbons (Fsp3) is 0.571. The van der Waals surface area contributed by atoms with Gasteiger partial charge in [0.25, 0.3) is 5.91 Å². The second kappa shape index (κ2) is 9.25. The second-order valence-electron chi connectivity index (χ2n) is 5.74. The van der Waals surface area contributed by atoms with E-state index in [2.05, 4.69) is 35.8 Å². The van der Waals surface area contributed by atoms with Crippen LogP contribution in [0.3, 0.4) is 0 Å². The Kier molecular flexibility index (Phi) is 7.04. The molecular weight excluding hydrogens is 364 g/mol. The summed E-state index contributed by atoms with van der Waals surface area (Å²) in [6.07, 6.45) is 6.40. The van der Waals surface area contributed by atoms with E-state index in [1.165, 1.54) is 24.6 Å². The molecule has 0 aromatic carbocycles. The molecule has 26 heavy (non-hydrogen) atoms. The zero-order valence-electron chi connectivity index (χ0n) is 14.3. The third kappa shape index (κ3) is 4.35. The number of nitrogens with one attached hydrogen (secondary N) is 1. The number of nitrogen functional groups attached to an aromatic ring is 1. The van der Waals surface area contributed by atoms with Crippen molar-refractivity contribution >= 4 is 29.8 Å². The summed E-state index contributed by atoms with van der Waals surface area (Å²) in [5.41, 5.74) is 9.69. The second-order valence-corrected chi connectivity index (χ2v) is 5.74. The summed E-state index contributed by atoms with van der Waals surface area (Å²) in [5, 5.41) is 19.2. The lowest BCUT2D eigenvalue weighted by molar-refractivity contribution is 0.0944. The minimum absolute atomic E-state index is 0. The summed E-state index contributed by atoms with van der Waals surface area (Å²) in [6, 6.07) is 0. The van der Waals surface area contributed by atoms with Crippen molar-refractivity contribution in [2.45, 2.75) is 45.1 Å². The fourth-order valence-electron chi connectivity index (χ4n) is 2.68. The molecule has 2 aromatic rings. The number of carbonyl (C=O) groups is 1. The molecule has 12 heteroatoms. The minimum atomic E-state index is -0.468. The number of hydrogen-bond donors (Lipinski definition) is 2. The largest absolute Gasteiger partial charge is 0.378 e. The van der Waals surface area contributed by atoms with Crippen molar-refractivity contribution < 1.29 is 14.2 Å². The van der Waals surface area contributed by atoms with Crippen molar-refractivity contribution in [1.82, 2.24) is 30.7 Å². The Morgan fingerprint density at radius 3 is 2.65 bits per heavy atom. The predicted molar refractivity (Wildman–Crippen MR) is 94.2 cm³/mol. The summed E-state index contributed by atoms with van der Waals surface area (Å²) >= 11 is 0. The maximum Gasteiger partial charge on any atom is 0.293 e. The molecular formula is C14H21ClN8O3. The van der Waals surface area contributed by atoms with Gasteiger partial charge in [0, 0.05) is 12.8 Å². The summed E-state index contributed by atoms with van der Waals surface area (Å²) in [5.74, 6) is -0.285. The van der Waals surface area contributed by atoms with E-state index in [1.54, 1.807) is 0 Å². The molecule has 1 amide bonds. The third-order valence-electron chi connectivity index (χ3n) is 3.95. The van der Waals surface area contributed by atoms with Crippen LogP contribution in [0, 0.1) is 0 Å². The first-order valence-corrected chi connectivity index (χ1v) is 8.08. The van der Waals surface area contributed by atoms with Crippen molar-refractivity contribution in [2.75, 3.05) is 12.8 Å². The number of methoxy groups -OCH3 is 1. The third-order valence-corrected chi connectivity index (χ3v) is 3.95. The highest BCUT2D eigenvalue weighted by atomic mass is 35.5. The number of halogens is 1. The van der Waals surface area contributed by atoms with E-state index in [4.69, 9.17) is 10.5 Å².